The Morgan fingerprint density at radius 1 is 1.03 bits per heavy atom. The van der Waals surface area contributed by atoms with Gasteiger partial charge in [0.15, 0.2) is 0 Å². The zero-order valence-corrected chi connectivity index (χ0v) is 21.4. The maximum Gasteiger partial charge on any atom is 0.247 e. The number of nitrogens with two attached hydrogens (primary N) is 1. The van der Waals surface area contributed by atoms with Crippen LogP contribution in [-0.2, 0) is 22.4 Å². The molecule has 38 heavy (non-hydrogen) atoms. The molecule has 1 aliphatic heterocycles. The van der Waals surface area contributed by atoms with Crippen LogP contribution in [-0.4, -0.2) is 44.0 Å². The molecule has 3 aromatic carbocycles. The van der Waals surface area contributed by atoms with Gasteiger partial charge in [-0.25, -0.2) is 0 Å². The molecule has 0 fully saturated rings. The lowest BCUT2D eigenvalue weighted by atomic mass is 9.86. The molecule has 4 aromatic rings. The van der Waals surface area contributed by atoms with E-state index in [2.05, 4.69) is 55.5 Å². The molecule has 0 saturated carbocycles. The summed E-state index contributed by atoms with van der Waals surface area (Å²) in [5.74, 6) is -0.0520. The average molecular weight is 510 g/mol. The number of nitrogens with one attached hydrogen (secondary N) is 3. The van der Waals surface area contributed by atoms with E-state index >= 15 is 0 Å². The van der Waals surface area contributed by atoms with Gasteiger partial charge in [-0.2, -0.15) is 5.21 Å². The van der Waals surface area contributed by atoms with Crippen molar-refractivity contribution in [3.8, 4) is 22.5 Å². The summed E-state index contributed by atoms with van der Waals surface area (Å²) in [5.41, 5.74) is 11.2. The van der Waals surface area contributed by atoms with E-state index in [4.69, 9.17) is 5.73 Å². The van der Waals surface area contributed by atoms with Crippen LogP contribution in [0.3, 0.4) is 0 Å². The molecule has 194 valence electrons. The Morgan fingerprint density at radius 3 is 2.45 bits per heavy atom. The standard InChI is InChI=1S/C29H31N7O2/c1-29(2,30)17-25(37)32-26-21(16-20-7-3-6-10-24(20)31-28(26)38)15-18-11-13-19(14-12-18)22-8-4-5-9-23(22)27-33-35-36-34-27/h3-14,21,26H,15-17,30H2,1-2H3,(H,31,38)(H,32,37)(H,33,34,35,36)/t21?,26-/m1/s1. The van der Waals surface area contributed by atoms with Crippen molar-refractivity contribution in [3.63, 3.8) is 0 Å². The van der Waals surface area contributed by atoms with Crippen molar-refractivity contribution in [3.05, 3.63) is 83.9 Å². The van der Waals surface area contributed by atoms with Gasteiger partial charge in [0.25, 0.3) is 0 Å². The molecule has 5 rings (SSSR count). The SMILES string of the molecule is CC(C)(N)CC(=O)N[C@H]1C(=O)Nc2ccccc2CC1Cc1ccc(-c2ccccc2-c2nn[nH]n2)cc1. The van der Waals surface area contributed by atoms with Gasteiger partial charge in [-0.3, -0.25) is 9.59 Å². The highest BCUT2D eigenvalue weighted by atomic mass is 16.2. The number of carbonyl (C=O) groups is 2. The summed E-state index contributed by atoms with van der Waals surface area (Å²) < 4.78 is 0. The van der Waals surface area contributed by atoms with Gasteiger partial charge in [0.1, 0.15) is 6.04 Å². The fraction of sp³-hybridized carbons (Fsp3) is 0.276. The second-order valence-corrected chi connectivity index (χ2v) is 10.5. The molecule has 0 radical (unpaired) electrons. The lowest BCUT2D eigenvalue weighted by Crippen LogP contribution is -2.50. The lowest BCUT2D eigenvalue weighted by Gasteiger charge is -2.27. The van der Waals surface area contributed by atoms with E-state index in [0.717, 1.165) is 33.5 Å². The predicted molar refractivity (Wildman–Crippen MR) is 146 cm³/mol. The minimum atomic E-state index is -0.684. The number of H-pyrrole nitrogens is 1. The summed E-state index contributed by atoms with van der Waals surface area (Å²) in [6.07, 6.45) is 1.39. The molecule has 5 N–H and O–H groups in total. The fourth-order valence-electron chi connectivity index (χ4n) is 4.99. The summed E-state index contributed by atoms with van der Waals surface area (Å²) >= 11 is 0. The molecule has 9 heteroatoms. The van der Waals surface area contributed by atoms with E-state index in [9.17, 15) is 9.59 Å². The van der Waals surface area contributed by atoms with E-state index < -0.39 is 11.6 Å². The number of hydrogen-bond acceptors (Lipinski definition) is 6. The molecular weight excluding hydrogens is 478 g/mol. The Morgan fingerprint density at radius 2 is 1.74 bits per heavy atom. The topological polar surface area (TPSA) is 139 Å². The maximum atomic E-state index is 13.3. The minimum absolute atomic E-state index is 0.130. The van der Waals surface area contributed by atoms with Crippen LogP contribution in [0.1, 0.15) is 31.4 Å². The smallest absolute Gasteiger partial charge is 0.247 e. The van der Waals surface area contributed by atoms with Crippen molar-refractivity contribution in [2.24, 2.45) is 11.7 Å². The highest BCUT2D eigenvalue weighted by molar-refractivity contribution is 5.98. The molecule has 2 heterocycles. The van der Waals surface area contributed by atoms with Crippen LogP contribution >= 0.6 is 0 Å². The van der Waals surface area contributed by atoms with Gasteiger partial charge in [-0.15, -0.1) is 10.2 Å². The van der Waals surface area contributed by atoms with Crippen LogP contribution in [0.25, 0.3) is 22.5 Å². The summed E-state index contributed by atoms with van der Waals surface area (Å²) in [4.78, 5) is 26.1. The van der Waals surface area contributed by atoms with Crippen LogP contribution in [0.15, 0.2) is 72.8 Å². The third-order valence-corrected chi connectivity index (χ3v) is 6.72. The largest absolute Gasteiger partial charge is 0.344 e. The first-order valence-corrected chi connectivity index (χ1v) is 12.7. The maximum absolute atomic E-state index is 13.3. The van der Waals surface area contributed by atoms with Crippen molar-refractivity contribution in [1.29, 1.82) is 0 Å². The van der Waals surface area contributed by atoms with Crippen LogP contribution < -0.4 is 16.4 Å². The Bertz CT molecular complexity index is 1430. The van der Waals surface area contributed by atoms with Crippen molar-refractivity contribution in [2.75, 3.05) is 5.32 Å². The first kappa shape index (κ1) is 25.3. The Hall–Kier alpha value is -4.37. The normalized spacial score (nSPS) is 17.3. The number of aromatic nitrogens is 4. The van der Waals surface area contributed by atoms with Crippen LogP contribution in [0.4, 0.5) is 5.69 Å². The van der Waals surface area contributed by atoms with Crippen molar-refractivity contribution >= 4 is 17.5 Å². The first-order chi connectivity index (χ1) is 18.3. The van der Waals surface area contributed by atoms with Crippen LogP contribution in [0.5, 0.6) is 0 Å². The Balaban J connectivity index is 1.41. The van der Waals surface area contributed by atoms with E-state index in [0.29, 0.717) is 18.7 Å². The van der Waals surface area contributed by atoms with E-state index in [1.54, 1.807) is 13.8 Å². The number of tetrazole rings is 1. The molecule has 0 bridgehead atoms. The Labute approximate surface area is 221 Å². The average Bonchev–Trinajstić information content (AvgIpc) is 3.38. The summed E-state index contributed by atoms with van der Waals surface area (Å²) in [6.45, 7) is 3.59. The van der Waals surface area contributed by atoms with Crippen LogP contribution in [0, 0.1) is 5.92 Å². The first-order valence-electron chi connectivity index (χ1n) is 12.7. The van der Waals surface area contributed by atoms with Crippen molar-refractivity contribution in [2.45, 2.75) is 44.7 Å². The molecule has 0 saturated heterocycles. The third-order valence-electron chi connectivity index (χ3n) is 6.72. The summed E-state index contributed by atoms with van der Waals surface area (Å²) in [5, 5.41) is 20.4. The van der Waals surface area contributed by atoms with Gasteiger partial charge in [-0.05, 0) is 66.1 Å². The number of rotatable bonds is 7. The van der Waals surface area contributed by atoms with Crippen LogP contribution in [0.2, 0.25) is 0 Å². The highest BCUT2D eigenvalue weighted by Crippen LogP contribution is 2.31. The molecule has 9 nitrogen and oxygen atoms in total. The Kier molecular flexibility index (Phi) is 7.02. The minimum Gasteiger partial charge on any atom is -0.344 e. The van der Waals surface area contributed by atoms with Crippen molar-refractivity contribution < 1.29 is 9.59 Å². The molecule has 2 amide bonds. The number of amides is 2. The zero-order valence-electron chi connectivity index (χ0n) is 21.4. The molecule has 2 atom stereocenters. The molecule has 0 aliphatic carbocycles. The molecule has 1 unspecified atom stereocenters. The molecular formula is C29H31N7O2. The van der Waals surface area contributed by atoms with Gasteiger partial charge in [-0.1, -0.05) is 66.7 Å². The number of aromatic amines is 1. The monoisotopic (exact) mass is 509 g/mol. The number of hydrogen-bond donors (Lipinski definition) is 4. The summed E-state index contributed by atoms with van der Waals surface area (Å²) in [7, 11) is 0. The zero-order chi connectivity index (χ0) is 26.7. The number of anilines is 1. The summed E-state index contributed by atoms with van der Waals surface area (Å²) in [6, 6.07) is 23.3. The number of nitrogens with zero attached hydrogens (tertiary/aromatic N) is 3. The highest BCUT2D eigenvalue weighted by Gasteiger charge is 2.34. The molecule has 1 aliphatic rings. The number of carbonyl (C=O) groups excluding carboxylic acids is 2. The lowest BCUT2D eigenvalue weighted by molar-refractivity contribution is -0.128. The number of benzene rings is 3. The second-order valence-electron chi connectivity index (χ2n) is 10.5. The van der Waals surface area contributed by atoms with Gasteiger partial charge >= 0.3 is 0 Å². The fourth-order valence-corrected chi connectivity index (χ4v) is 4.99. The third kappa shape index (κ3) is 5.78. The quantitative estimate of drug-likeness (QED) is 0.301. The van der Waals surface area contributed by atoms with Gasteiger partial charge in [0.05, 0.1) is 0 Å². The van der Waals surface area contributed by atoms with E-state index in [1.807, 2.05) is 48.5 Å². The van der Waals surface area contributed by atoms with E-state index in [-0.39, 0.29) is 24.2 Å². The van der Waals surface area contributed by atoms with Gasteiger partial charge < -0.3 is 16.4 Å². The van der Waals surface area contributed by atoms with Gasteiger partial charge in [0, 0.05) is 23.2 Å². The molecule has 1 aromatic heterocycles. The molecule has 0 spiro atoms. The predicted octanol–water partition coefficient (Wildman–Crippen LogP) is 3.50. The van der Waals surface area contributed by atoms with Gasteiger partial charge in [0.2, 0.25) is 17.6 Å². The number of para-hydroxylation sites is 1. The second kappa shape index (κ2) is 10.5. The van der Waals surface area contributed by atoms with E-state index in [1.165, 1.54) is 0 Å². The number of fused-ring (bicyclic) bond motifs is 1. The van der Waals surface area contributed by atoms with Crippen molar-refractivity contribution in [1.82, 2.24) is 25.9 Å².